The first-order chi connectivity index (χ1) is 6.40. The second-order valence-electron chi connectivity index (χ2n) is 3.73. The zero-order valence-electron chi connectivity index (χ0n) is 9.02. The van der Waals surface area contributed by atoms with Gasteiger partial charge in [0, 0.05) is 20.0 Å². The fraction of sp³-hybridized carbons (Fsp3) is 0.889. The fourth-order valence-electron chi connectivity index (χ4n) is 0.887. The SMILES string of the molecule is CC(C)CCS(=O)(=O)N(C)CCC#N. The molecule has 5 heteroatoms. The maximum absolute atomic E-state index is 11.6. The van der Waals surface area contributed by atoms with E-state index in [1.54, 1.807) is 0 Å². The van der Waals surface area contributed by atoms with Gasteiger partial charge >= 0.3 is 0 Å². The van der Waals surface area contributed by atoms with Crippen molar-refractivity contribution >= 4 is 10.0 Å². The van der Waals surface area contributed by atoms with Crippen LogP contribution in [0.1, 0.15) is 26.7 Å². The van der Waals surface area contributed by atoms with Crippen LogP contribution < -0.4 is 0 Å². The lowest BCUT2D eigenvalue weighted by Gasteiger charge is -2.16. The number of nitrogens with zero attached hydrogens (tertiary/aromatic N) is 2. The summed E-state index contributed by atoms with van der Waals surface area (Å²) in [7, 11) is -1.62. The summed E-state index contributed by atoms with van der Waals surface area (Å²) in [6.07, 6.45) is 0.913. The predicted molar refractivity (Wildman–Crippen MR) is 56.1 cm³/mol. The number of hydrogen-bond acceptors (Lipinski definition) is 3. The normalized spacial score (nSPS) is 12.0. The van der Waals surface area contributed by atoms with Crippen LogP contribution in [0.25, 0.3) is 0 Å². The molecule has 14 heavy (non-hydrogen) atoms. The van der Waals surface area contributed by atoms with Gasteiger partial charge < -0.3 is 0 Å². The molecular weight excluding hydrogens is 200 g/mol. The van der Waals surface area contributed by atoms with Crippen LogP contribution in [-0.2, 0) is 10.0 Å². The number of nitriles is 1. The van der Waals surface area contributed by atoms with Crippen molar-refractivity contribution in [3.05, 3.63) is 0 Å². The number of rotatable bonds is 6. The summed E-state index contributed by atoms with van der Waals surface area (Å²) < 4.78 is 24.4. The first kappa shape index (κ1) is 13.4. The van der Waals surface area contributed by atoms with Crippen molar-refractivity contribution in [1.82, 2.24) is 4.31 Å². The maximum Gasteiger partial charge on any atom is 0.213 e. The van der Waals surface area contributed by atoms with Crippen LogP contribution in [-0.4, -0.2) is 32.1 Å². The van der Waals surface area contributed by atoms with Crippen LogP contribution in [0.2, 0.25) is 0 Å². The van der Waals surface area contributed by atoms with Crippen molar-refractivity contribution < 1.29 is 8.42 Å². The van der Waals surface area contributed by atoms with E-state index in [-0.39, 0.29) is 18.7 Å². The molecule has 0 aliphatic carbocycles. The first-order valence-electron chi connectivity index (χ1n) is 4.71. The second-order valence-corrected chi connectivity index (χ2v) is 5.92. The van der Waals surface area contributed by atoms with Gasteiger partial charge in [-0.05, 0) is 12.3 Å². The van der Waals surface area contributed by atoms with E-state index >= 15 is 0 Å². The predicted octanol–water partition coefficient (Wildman–Crippen LogP) is 1.21. The highest BCUT2D eigenvalue weighted by Crippen LogP contribution is 2.06. The van der Waals surface area contributed by atoms with Gasteiger partial charge in [0.2, 0.25) is 10.0 Å². The summed E-state index contributed by atoms with van der Waals surface area (Å²) in [5.41, 5.74) is 0. The summed E-state index contributed by atoms with van der Waals surface area (Å²) in [6, 6.07) is 1.93. The molecule has 0 atom stereocenters. The Bertz CT molecular complexity index is 290. The lowest BCUT2D eigenvalue weighted by molar-refractivity contribution is 0.469. The number of sulfonamides is 1. The van der Waals surface area contributed by atoms with Crippen molar-refractivity contribution in [3.8, 4) is 6.07 Å². The molecule has 0 heterocycles. The van der Waals surface area contributed by atoms with E-state index < -0.39 is 10.0 Å². The Balaban J connectivity index is 4.12. The molecule has 0 saturated heterocycles. The molecule has 0 fully saturated rings. The average Bonchev–Trinajstić information content (AvgIpc) is 2.11. The van der Waals surface area contributed by atoms with Gasteiger partial charge in [-0.2, -0.15) is 5.26 Å². The highest BCUT2D eigenvalue weighted by atomic mass is 32.2. The summed E-state index contributed by atoms with van der Waals surface area (Å²) in [6.45, 7) is 4.27. The molecule has 4 nitrogen and oxygen atoms in total. The molecule has 82 valence electrons. The Labute approximate surface area is 86.6 Å². The molecule has 0 aromatic rings. The van der Waals surface area contributed by atoms with Gasteiger partial charge in [0.25, 0.3) is 0 Å². The van der Waals surface area contributed by atoms with Gasteiger partial charge in [-0.3, -0.25) is 0 Å². The van der Waals surface area contributed by atoms with Crippen LogP contribution in [0, 0.1) is 17.2 Å². The highest BCUT2D eigenvalue weighted by Gasteiger charge is 2.17. The van der Waals surface area contributed by atoms with Gasteiger partial charge in [-0.1, -0.05) is 13.8 Å². The summed E-state index contributed by atoms with van der Waals surface area (Å²) >= 11 is 0. The van der Waals surface area contributed by atoms with E-state index in [0.29, 0.717) is 12.3 Å². The third-order valence-corrected chi connectivity index (χ3v) is 3.85. The van der Waals surface area contributed by atoms with Gasteiger partial charge in [0.05, 0.1) is 11.8 Å². The molecule has 0 amide bonds. The molecule has 0 aliphatic heterocycles. The Kier molecular flexibility index (Phi) is 5.73. The molecule has 0 radical (unpaired) electrons. The van der Waals surface area contributed by atoms with E-state index in [9.17, 15) is 8.42 Å². The third-order valence-electron chi connectivity index (χ3n) is 1.97. The number of hydrogen-bond donors (Lipinski definition) is 0. The Morgan fingerprint density at radius 2 is 2.00 bits per heavy atom. The minimum absolute atomic E-state index is 0.173. The fourth-order valence-corrected chi connectivity index (χ4v) is 2.34. The van der Waals surface area contributed by atoms with Crippen LogP contribution in [0.3, 0.4) is 0 Å². The lowest BCUT2D eigenvalue weighted by atomic mass is 10.2. The Morgan fingerprint density at radius 3 is 2.43 bits per heavy atom. The molecule has 0 saturated carbocycles. The zero-order chi connectivity index (χ0) is 11.2. The van der Waals surface area contributed by atoms with E-state index in [1.165, 1.54) is 11.4 Å². The van der Waals surface area contributed by atoms with Crippen molar-refractivity contribution in [1.29, 1.82) is 5.26 Å². The largest absolute Gasteiger partial charge is 0.213 e. The molecule has 0 aromatic carbocycles. The van der Waals surface area contributed by atoms with Crippen LogP contribution in [0.15, 0.2) is 0 Å². The van der Waals surface area contributed by atoms with Gasteiger partial charge in [-0.25, -0.2) is 12.7 Å². The summed E-state index contributed by atoms with van der Waals surface area (Å²) in [4.78, 5) is 0. The minimum Gasteiger partial charge on any atom is -0.212 e. The summed E-state index contributed by atoms with van der Waals surface area (Å²) in [5, 5.41) is 8.33. The molecule has 0 spiro atoms. The molecule has 0 bridgehead atoms. The lowest BCUT2D eigenvalue weighted by Crippen LogP contribution is -2.30. The molecule has 0 N–H and O–H groups in total. The third kappa shape index (κ3) is 5.20. The van der Waals surface area contributed by atoms with Crippen molar-refractivity contribution in [2.45, 2.75) is 26.7 Å². The molecule has 0 unspecified atom stereocenters. The molecule has 0 aromatic heterocycles. The monoisotopic (exact) mass is 218 g/mol. The summed E-state index contributed by atoms with van der Waals surface area (Å²) in [5.74, 6) is 0.557. The van der Waals surface area contributed by atoms with Crippen molar-refractivity contribution in [3.63, 3.8) is 0 Å². The maximum atomic E-state index is 11.6. The Morgan fingerprint density at radius 1 is 1.43 bits per heavy atom. The highest BCUT2D eigenvalue weighted by molar-refractivity contribution is 7.89. The van der Waals surface area contributed by atoms with Crippen molar-refractivity contribution in [2.24, 2.45) is 5.92 Å². The molecular formula is C9H18N2O2S. The van der Waals surface area contributed by atoms with Crippen LogP contribution >= 0.6 is 0 Å². The average molecular weight is 218 g/mol. The van der Waals surface area contributed by atoms with E-state index in [2.05, 4.69) is 0 Å². The molecule has 0 aliphatic rings. The molecule has 0 rings (SSSR count). The van der Waals surface area contributed by atoms with Crippen LogP contribution in [0.5, 0.6) is 0 Å². The van der Waals surface area contributed by atoms with Gasteiger partial charge in [-0.15, -0.1) is 0 Å². The first-order valence-corrected chi connectivity index (χ1v) is 6.32. The smallest absolute Gasteiger partial charge is 0.212 e. The van der Waals surface area contributed by atoms with Crippen molar-refractivity contribution in [2.75, 3.05) is 19.3 Å². The van der Waals surface area contributed by atoms with Gasteiger partial charge in [0.1, 0.15) is 0 Å². The van der Waals surface area contributed by atoms with Crippen LogP contribution in [0.4, 0.5) is 0 Å². The minimum atomic E-state index is -3.15. The van der Waals surface area contributed by atoms with E-state index in [4.69, 9.17) is 5.26 Å². The van der Waals surface area contributed by atoms with E-state index in [0.717, 1.165) is 0 Å². The van der Waals surface area contributed by atoms with Gasteiger partial charge in [0.15, 0.2) is 0 Å². The Hall–Kier alpha value is -0.600. The standard InChI is InChI=1S/C9H18N2O2S/c1-9(2)5-8-14(12,13)11(3)7-4-6-10/h9H,4-5,7-8H2,1-3H3. The van der Waals surface area contributed by atoms with E-state index in [1.807, 2.05) is 19.9 Å². The zero-order valence-corrected chi connectivity index (χ0v) is 9.84. The topological polar surface area (TPSA) is 61.2 Å². The second kappa shape index (κ2) is 5.99. The quantitative estimate of drug-likeness (QED) is 0.673.